The first kappa shape index (κ1) is 20.1. The van der Waals surface area contributed by atoms with Crippen molar-refractivity contribution >= 4 is 5.96 Å². The van der Waals surface area contributed by atoms with Gasteiger partial charge in [-0.25, -0.2) is 4.99 Å². The van der Waals surface area contributed by atoms with E-state index in [9.17, 15) is 0 Å². The van der Waals surface area contributed by atoms with Crippen molar-refractivity contribution in [3.05, 3.63) is 11.6 Å². The van der Waals surface area contributed by atoms with Crippen molar-refractivity contribution in [1.29, 1.82) is 0 Å². The Balaban J connectivity index is 1.51. The van der Waals surface area contributed by atoms with Gasteiger partial charge in [0.15, 0.2) is 11.8 Å². The van der Waals surface area contributed by atoms with Crippen molar-refractivity contribution in [2.24, 2.45) is 12.0 Å². The highest BCUT2D eigenvalue weighted by Gasteiger charge is 2.31. The van der Waals surface area contributed by atoms with Crippen molar-refractivity contribution in [2.45, 2.75) is 64.6 Å². The summed E-state index contributed by atoms with van der Waals surface area (Å²) in [6.45, 7) is 9.30. The van der Waals surface area contributed by atoms with E-state index in [-0.39, 0.29) is 0 Å². The van der Waals surface area contributed by atoms with Crippen LogP contribution in [0.3, 0.4) is 0 Å². The van der Waals surface area contributed by atoms with Gasteiger partial charge in [-0.2, -0.15) is 0 Å². The number of ether oxygens (including phenoxy) is 1. The van der Waals surface area contributed by atoms with Crippen molar-refractivity contribution in [1.82, 2.24) is 30.3 Å². The molecule has 8 heteroatoms. The normalized spacial score (nSPS) is 19.4. The van der Waals surface area contributed by atoms with Crippen molar-refractivity contribution in [3.63, 3.8) is 0 Å². The van der Waals surface area contributed by atoms with Gasteiger partial charge in [-0.3, -0.25) is 0 Å². The van der Waals surface area contributed by atoms with E-state index >= 15 is 0 Å². The van der Waals surface area contributed by atoms with E-state index in [0.717, 1.165) is 49.8 Å². The van der Waals surface area contributed by atoms with Gasteiger partial charge >= 0.3 is 0 Å². The molecule has 3 rings (SSSR count). The Labute approximate surface area is 162 Å². The van der Waals surface area contributed by atoms with Gasteiger partial charge in [0.25, 0.3) is 0 Å². The number of hydrogen-bond donors (Lipinski definition) is 2. The zero-order valence-electron chi connectivity index (χ0n) is 17.1. The Morgan fingerprint density at radius 2 is 2.00 bits per heavy atom. The van der Waals surface area contributed by atoms with Crippen LogP contribution in [0.5, 0.6) is 0 Å². The fourth-order valence-electron chi connectivity index (χ4n) is 3.46. The highest BCUT2D eigenvalue weighted by Crippen LogP contribution is 2.29. The van der Waals surface area contributed by atoms with E-state index in [0.29, 0.717) is 12.6 Å². The van der Waals surface area contributed by atoms with Gasteiger partial charge in [-0.1, -0.05) is 0 Å². The summed E-state index contributed by atoms with van der Waals surface area (Å²) in [4.78, 5) is 7.41. The van der Waals surface area contributed by atoms with Crippen LogP contribution in [0, 0.1) is 6.92 Å². The van der Waals surface area contributed by atoms with Crippen LogP contribution in [0.1, 0.15) is 50.7 Å². The summed E-state index contributed by atoms with van der Waals surface area (Å²) < 4.78 is 7.42. The van der Waals surface area contributed by atoms with Gasteiger partial charge < -0.3 is 24.8 Å². The topological polar surface area (TPSA) is 79.6 Å². The zero-order chi connectivity index (χ0) is 19.1. The summed E-state index contributed by atoms with van der Waals surface area (Å²) in [5.41, 5.74) is 0. The predicted octanol–water partition coefficient (Wildman–Crippen LogP) is 1.21. The number of hydrogen-bond acceptors (Lipinski definition) is 5. The summed E-state index contributed by atoms with van der Waals surface area (Å²) in [6, 6.07) is 1.36. The molecule has 0 aromatic carbocycles. The third-order valence-electron chi connectivity index (χ3n) is 5.46. The minimum Gasteiger partial charge on any atom is -0.382 e. The monoisotopic (exact) mass is 377 g/mol. The Morgan fingerprint density at radius 1 is 1.22 bits per heavy atom. The molecular weight excluding hydrogens is 342 g/mol. The molecule has 0 unspecified atom stereocenters. The van der Waals surface area contributed by atoms with Gasteiger partial charge in [0, 0.05) is 52.0 Å². The SMILES string of the molecule is CCOCCCNC(=NCc1nnc(C)n1C)NC1CCN(C2CC2)CC1. The van der Waals surface area contributed by atoms with Crippen LogP contribution in [-0.2, 0) is 18.3 Å². The first-order valence-corrected chi connectivity index (χ1v) is 10.4. The number of nitrogens with one attached hydrogen (secondary N) is 2. The number of rotatable bonds is 9. The van der Waals surface area contributed by atoms with E-state index < -0.39 is 0 Å². The Morgan fingerprint density at radius 3 is 2.63 bits per heavy atom. The van der Waals surface area contributed by atoms with Gasteiger partial charge in [0.2, 0.25) is 0 Å². The first-order chi connectivity index (χ1) is 13.2. The molecule has 2 heterocycles. The smallest absolute Gasteiger partial charge is 0.191 e. The van der Waals surface area contributed by atoms with Crippen LogP contribution < -0.4 is 10.6 Å². The van der Waals surface area contributed by atoms with Crippen LogP contribution in [0.15, 0.2) is 4.99 Å². The molecule has 0 bridgehead atoms. The van der Waals surface area contributed by atoms with E-state index in [1.54, 1.807) is 0 Å². The highest BCUT2D eigenvalue weighted by molar-refractivity contribution is 5.80. The van der Waals surface area contributed by atoms with Crippen LogP contribution >= 0.6 is 0 Å². The molecule has 0 amide bonds. The van der Waals surface area contributed by atoms with Crippen LogP contribution in [-0.4, -0.2) is 70.6 Å². The largest absolute Gasteiger partial charge is 0.382 e. The molecule has 1 saturated heterocycles. The number of guanidine groups is 1. The summed E-state index contributed by atoms with van der Waals surface area (Å²) in [6.07, 6.45) is 6.11. The molecule has 2 fully saturated rings. The maximum absolute atomic E-state index is 5.43. The summed E-state index contributed by atoms with van der Waals surface area (Å²) in [5.74, 6) is 2.66. The molecule has 0 radical (unpaired) electrons. The Kier molecular flexibility index (Phi) is 7.46. The first-order valence-electron chi connectivity index (χ1n) is 10.4. The van der Waals surface area contributed by atoms with Crippen LogP contribution in [0.2, 0.25) is 0 Å². The Hall–Kier alpha value is -1.67. The quantitative estimate of drug-likeness (QED) is 0.383. The fourth-order valence-corrected chi connectivity index (χ4v) is 3.46. The van der Waals surface area contributed by atoms with Gasteiger partial charge in [-0.15, -0.1) is 10.2 Å². The minimum absolute atomic E-state index is 0.486. The van der Waals surface area contributed by atoms with E-state index in [1.807, 2.05) is 25.5 Å². The molecule has 2 aliphatic rings. The van der Waals surface area contributed by atoms with Crippen molar-refractivity contribution in [2.75, 3.05) is 32.8 Å². The third-order valence-corrected chi connectivity index (χ3v) is 5.46. The molecule has 1 aliphatic carbocycles. The molecule has 0 atom stereocenters. The lowest BCUT2D eigenvalue weighted by Gasteiger charge is -2.33. The molecule has 152 valence electrons. The zero-order valence-corrected chi connectivity index (χ0v) is 17.1. The number of aliphatic imine (C=N–C) groups is 1. The second-order valence-electron chi connectivity index (χ2n) is 7.55. The number of likely N-dealkylation sites (tertiary alicyclic amines) is 1. The number of aryl methyl sites for hydroxylation is 1. The summed E-state index contributed by atoms with van der Waals surface area (Å²) >= 11 is 0. The fraction of sp³-hybridized carbons (Fsp3) is 0.842. The molecule has 1 aromatic rings. The summed E-state index contributed by atoms with van der Waals surface area (Å²) in [5, 5.41) is 15.4. The number of piperidine rings is 1. The lowest BCUT2D eigenvalue weighted by molar-refractivity contribution is 0.145. The van der Waals surface area contributed by atoms with E-state index in [4.69, 9.17) is 9.73 Å². The number of nitrogens with zero attached hydrogens (tertiary/aromatic N) is 5. The van der Waals surface area contributed by atoms with Gasteiger partial charge in [0.1, 0.15) is 12.4 Å². The molecule has 1 aliphatic heterocycles. The number of aromatic nitrogens is 3. The van der Waals surface area contributed by atoms with Crippen molar-refractivity contribution < 1.29 is 4.74 Å². The van der Waals surface area contributed by atoms with E-state index in [2.05, 4.69) is 25.7 Å². The molecule has 27 heavy (non-hydrogen) atoms. The second kappa shape index (κ2) is 10.0. The van der Waals surface area contributed by atoms with Crippen LogP contribution in [0.25, 0.3) is 0 Å². The van der Waals surface area contributed by atoms with Gasteiger partial charge in [0.05, 0.1) is 0 Å². The maximum Gasteiger partial charge on any atom is 0.191 e. The average molecular weight is 378 g/mol. The maximum atomic E-state index is 5.43. The predicted molar refractivity (Wildman–Crippen MR) is 107 cm³/mol. The van der Waals surface area contributed by atoms with Crippen LogP contribution in [0.4, 0.5) is 0 Å². The second-order valence-corrected chi connectivity index (χ2v) is 7.55. The third kappa shape index (κ3) is 6.17. The highest BCUT2D eigenvalue weighted by atomic mass is 16.5. The molecule has 2 N–H and O–H groups in total. The van der Waals surface area contributed by atoms with E-state index in [1.165, 1.54) is 38.8 Å². The molecule has 1 saturated carbocycles. The van der Waals surface area contributed by atoms with Gasteiger partial charge in [-0.05, 0) is 46.0 Å². The molecular formula is C19H35N7O. The average Bonchev–Trinajstić information content (AvgIpc) is 3.48. The lowest BCUT2D eigenvalue weighted by atomic mass is 10.1. The molecule has 8 nitrogen and oxygen atoms in total. The van der Waals surface area contributed by atoms with Crippen molar-refractivity contribution in [3.8, 4) is 0 Å². The summed E-state index contributed by atoms with van der Waals surface area (Å²) in [7, 11) is 1.98. The lowest BCUT2D eigenvalue weighted by Crippen LogP contribution is -2.49. The minimum atomic E-state index is 0.486. The Bertz CT molecular complexity index is 603. The standard InChI is InChI=1S/C19H35N7O/c1-4-27-13-5-10-20-19(21-14-18-24-23-15(2)25(18)3)22-16-8-11-26(12-9-16)17-6-7-17/h16-17H,4-14H2,1-3H3,(H2,20,21,22). The molecule has 1 aromatic heterocycles. The molecule has 0 spiro atoms.